The van der Waals surface area contributed by atoms with Crippen molar-refractivity contribution in [3.63, 3.8) is 0 Å². The van der Waals surface area contributed by atoms with Gasteiger partial charge in [0.2, 0.25) is 10.0 Å². The molecule has 0 radical (unpaired) electrons. The SMILES string of the molecule is N=c1ccc2c(-c3ccccc3C(=O)O)c3ccc(N)c(S(N)(=O)=O)c3oc-2c1. The molecule has 0 unspecified atom stereocenters. The van der Waals surface area contributed by atoms with E-state index in [9.17, 15) is 18.3 Å². The molecule has 146 valence electrons. The topological polar surface area (TPSA) is 160 Å². The number of hydrogen-bond acceptors (Lipinski definition) is 6. The van der Waals surface area contributed by atoms with Crippen molar-refractivity contribution in [3.05, 3.63) is 65.5 Å². The standard InChI is InChI=1S/C20H15N3O5S/c21-10-5-6-13-16(9-10)28-18-14(7-8-15(22)19(18)29(23,26)27)17(13)11-3-1-2-4-12(11)20(24)25/h1-9,21H,22H2,(H,24,25)(H2,23,26,27). The summed E-state index contributed by atoms with van der Waals surface area (Å²) in [6.45, 7) is 0. The van der Waals surface area contributed by atoms with Gasteiger partial charge in [0, 0.05) is 22.6 Å². The molecule has 9 heteroatoms. The van der Waals surface area contributed by atoms with E-state index in [0.29, 0.717) is 22.1 Å². The maximum Gasteiger partial charge on any atom is 0.336 e. The predicted molar refractivity (Wildman–Crippen MR) is 107 cm³/mol. The first-order chi connectivity index (χ1) is 13.7. The van der Waals surface area contributed by atoms with E-state index in [-0.39, 0.29) is 32.8 Å². The van der Waals surface area contributed by atoms with Gasteiger partial charge in [-0.25, -0.2) is 18.4 Å². The highest BCUT2D eigenvalue weighted by Gasteiger charge is 2.26. The number of aromatic carboxylic acids is 1. The number of anilines is 1. The highest BCUT2D eigenvalue weighted by Crippen LogP contribution is 2.43. The van der Waals surface area contributed by atoms with E-state index in [2.05, 4.69) is 0 Å². The van der Waals surface area contributed by atoms with Crippen molar-refractivity contribution in [2.24, 2.45) is 5.14 Å². The Labute approximate surface area is 164 Å². The number of fused-ring (bicyclic) bond motifs is 2. The van der Waals surface area contributed by atoms with Crippen LogP contribution in [0.1, 0.15) is 10.4 Å². The zero-order valence-electron chi connectivity index (χ0n) is 14.8. The Morgan fingerprint density at radius 1 is 1.03 bits per heavy atom. The van der Waals surface area contributed by atoms with Crippen molar-refractivity contribution in [2.75, 3.05) is 5.73 Å². The van der Waals surface area contributed by atoms with Gasteiger partial charge in [-0.05, 0) is 35.9 Å². The van der Waals surface area contributed by atoms with Crippen LogP contribution < -0.4 is 16.2 Å². The van der Waals surface area contributed by atoms with Gasteiger partial charge in [0.1, 0.15) is 10.7 Å². The van der Waals surface area contributed by atoms with Crippen LogP contribution in [0, 0.1) is 5.41 Å². The smallest absolute Gasteiger partial charge is 0.336 e. The minimum atomic E-state index is -4.25. The van der Waals surface area contributed by atoms with Crippen LogP contribution in [0.3, 0.4) is 0 Å². The lowest BCUT2D eigenvalue weighted by Crippen LogP contribution is -2.15. The molecule has 1 heterocycles. The number of nitrogen functional groups attached to an aromatic ring is 1. The lowest BCUT2D eigenvalue weighted by Gasteiger charge is -2.18. The fourth-order valence-electron chi connectivity index (χ4n) is 3.42. The van der Waals surface area contributed by atoms with E-state index in [1.807, 2.05) is 0 Å². The van der Waals surface area contributed by atoms with E-state index in [4.69, 9.17) is 20.7 Å². The normalized spacial score (nSPS) is 11.8. The molecule has 6 N–H and O–H groups in total. The molecular formula is C20H15N3O5S. The zero-order valence-corrected chi connectivity index (χ0v) is 15.7. The van der Waals surface area contributed by atoms with Gasteiger partial charge in [0.05, 0.1) is 16.6 Å². The molecule has 2 aromatic rings. The zero-order chi connectivity index (χ0) is 20.9. The summed E-state index contributed by atoms with van der Waals surface area (Å²) in [5.74, 6) is -0.933. The number of nitrogens with two attached hydrogens (primary N) is 2. The van der Waals surface area contributed by atoms with E-state index < -0.39 is 16.0 Å². The Bertz CT molecular complexity index is 1440. The van der Waals surface area contributed by atoms with Crippen molar-refractivity contribution >= 4 is 32.6 Å². The molecule has 0 saturated carbocycles. The molecule has 0 fully saturated rings. The number of hydrogen-bond donors (Lipinski definition) is 4. The molecular weight excluding hydrogens is 394 g/mol. The lowest BCUT2D eigenvalue weighted by molar-refractivity contribution is 0.0697. The fraction of sp³-hybridized carbons (Fsp3) is 0. The average Bonchev–Trinajstić information content (AvgIpc) is 2.64. The van der Waals surface area contributed by atoms with Crippen LogP contribution >= 0.6 is 0 Å². The third-order valence-corrected chi connectivity index (χ3v) is 5.58. The summed E-state index contributed by atoms with van der Waals surface area (Å²) in [6, 6.07) is 13.9. The van der Waals surface area contributed by atoms with Crippen LogP contribution in [0.25, 0.3) is 33.4 Å². The predicted octanol–water partition coefficient (Wildman–Crippen LogP) is 2.61. The van der Waals surface area contributed by atoms with Gasteiger partial charge in [0.15, 0.2) is 5.58 Å². The summed E-state index contributed by atoms with van der Waals surface area (Å²) < 4.78 is 30.2. The van der Waals surface area contributed by atoms with Gasteiger partial charge in [-0.15, -0.1) is 0 Å². The van der Waals surface area contributed by atoms with Crippen molar-refractivity contribution < 1.29 is 22.7 Å². The van der Waals surface area contributed by atoms with Gasteiger partial charge in [-0.2, -0.15) is 0 Å². The maximum atomic E-state index is 12.2. The minimum Gasteiger partial charge on any atom is -0.478 e. The van der Waals surface area contributed by atoms with E-state index in [1.165, 1.54) is 24.3 Å². The number of primary sulfonamides is 1. The first-order valence-corrected chi connectivity index (χ1v) is 9.92. The van der Waals surface area contributed by atoms with E-state index in [0.717, 1.165) is 0 Å². The number of carbonyl (C=O) groups is 1. The van der Waals surface area contributed by atoms with Crippen LogP contribution in [-0.2, 0) is 10.0 Å². The second kappa shape index (κ2) is 6.43. The molecule has 0 aromatic heterocycles. The maximum absolute atomic E-state index is 12.2. The first-order valence-electron chi connectivity index (χ1n) is 8.37. The second-order valence-electron chi connectivity index (χ2n) is 6.44. The monoisotopic (exact) mass is 409 g/mol. The number of sulfonamides is 1. The number of carboxylic acids is 1. The third kappa shape index (κ3) is 3.02. The molecule has 1 aliphatic carbocycles. The van der Waals surface area contributed by atoms with Crippen LogP contribution in [-0.4, -0.2) is 19.5 Å². The van der Waals surface area contributed by atoms with Crippen LogP contribution in [0.15, 0.2) is 63.9 Å². The number of rotatable bonds is 3. The van der Waals surface area contributed by atoms with Gasteiger partial charge < -0.3 is 20.7 Å². The van der Waals surface area contributed by atoms with Crippen molar-refractivity contribution in [1.82, 2.24) is 0 Å². The van der Waals surface area contributed by atoms with Crippen molar-refractivity contribution in [2.45, 2.75) is 4.90 Å². The molecule has 2 aromatic carbocycles. The molecule has 0 saturated heterocycles. The van der Waals surface area contributed by atoms with Crippen LogP contribution in [0.4, 0.5) is 5.69 Å². The molecule has 2 aliphatic rings. The molecule has 0 amide bonds. The molecule has 0 bridgehead atoms. The third-order valence-electron chi connectivity index (χ3n) is 4.59. The largest absolute Gasteiger partial charge is 0.478 e. The number of carboxylic acid groups (broad SMARTS) is 1. The van der Waals surface area contributed by atoms with Crippen LogP contribution in [0.5, 0.6) is 0 Å². The Morgan fingerprint density at radius 3 is 2.45 bits per heavy atom. The Kier molecular flexibility index (Phi) is 4.14. The first kappa shape index (κ1) is 18.7. The summed E-state index contributed by atoms with van der Waals surface area (Å²) in [6.07, 6.45) is 0. The van der Waals surface area contributed by atoms with E-state index >= 15 is 0 Å². The van der Waals surface area contributed by atoms with Gasteiger partial charge in [0.25, 0.3) is 0 Å². The van der Waals surface area contributed by atoms with Gasteiger partial charge in [-0.1, -0.05) is 18.2 Å². The number of benzene rings is 3. The fourth-order valence-corrected chi connectivity index (χ4v) is 4.22. The summed E-state index contributed by atoms with van der Waals surface area (Å²) in [7, 11) is -4.25. The van der Waals surface area contributed by atoms with Gasteiger partial charge >= 0.3 is 5.97 Å². The Hall–Kier alpha value is -3.69. The lowest BCUT2D eigenvalue weighted by atomic mass is 9.90. The molecule has 0 atom stereocenters. The van der Waals surface area contributed by atoms with Crippen molar-refractivity contribution in [3.8, 4) is 22.5 Å². The summed E-state index contributed by atoms with van der Waals surface area (Å²) >= 11 is 0. The molecule has 0 spiro atoms. The summed E-state index contributed by atoms with van der Waals surface area (Å²) in [5, 5.41) is 23.4. The summed E-state index contributed by atoms with van der Waals surface area (Å²) in [4.78, 5) is 11.4. The number of nitrogens with one attached hydrogen (secondary N) is 1. The van der Waals surface area contributed by atoms with Crippen molar-refractivity contribution in [1.29, 1.82) is 5.41 Å². The van der Waals surface area contributed by atoms with Gasteiger partial charge in [-0.3, -0.25) is 0 Å². The van der Waals surface area contributed by atoms with E-state index in [1.54, 1.807) is 30.3 Å². The highest BCUT2D eigenvalue weighted by atomic mass is 32.2. The van der Waals surface area contributed by atoms with Crippen LogP contribution in [0.2, 0.25) is 0 Å². The molecule has 4 rings (SSSR count). The Balaban J connectivity index is 2.31. The minimum absolute atomic E-state index is 0.0326. The molecule has 8 nitrogen and oxygen atoms in total. The highest BCUT2D eigenvalue weighted by molar-refractivity contribution is 7.89. The molecule has 1 aliphatic heterocycles. The second-order valence-corrected chi connectivity index (χ2v) is 7.94. The average molecular weight is 409 g/mol. The molecule has 29 heavy (non-hydrogen) atoms. The quantitative estimate of drug-likeness (QED) is 0.300. The Morgan fingerprint density at radius 2 is 1.76 bits per heavy atom. The summed E-state index contributed by atoms with van der Waals surface area (Å²) in [5.41, 5.74) is 7.04.